The van der Waals surface area contributed by atoms with Crippen LogP contribution >= 0.6 is 0 Å². The van der Waals surface area contributed by atoms with Crippen molar-refractivity contribution >= 4 is 17.6 Å². The highest BCUT2D eigenvalue weighted by atomic mass is 19.4. The summed E-state index contributed by atoms with van der Waals surface area (Å²) < 4.78 is 39.6. The predicted octanol–water partition coefficient (Wildman–Crippen LogP) is 2.82. The Morgan fingerprint density at radius 3 is 2.33 bits per heavy atom. The van der Waals surface area contributed by atoms with E-state index in [2.05, 4.69) is 5.32 Å². The minimum Gasteiger partial charge on any atom is -0.481 e. The fraction of sp³-hybridized carbons (Fsp3) is 0.500. The molecule has 1 aliphatic carbocycles. The van der Waals surface area contributed by atoms with Crippen molar-refractivity contribution in [3.63, 3.8) is 0 Å². The molecular weight excluding hydrogens is 325 g/mol. The lowest BCUT2D eigenvalue weighted by molar-refractivity contribution is -0.151. The molecular formula is C16H19F3N2O3. The first-order valence-electron chi connectivity index (χ1n) is 7.48. The van der Waals surface area contributed by atoms with Gasteiger partial charge in [0.1, 0.15) is 0 Å². The maximum atomic E-state index is 13.2. The normalized spacial score (nSPS) is 20.6. The molecule has 0 radical (unpaired) electrons. The van der Waals surface area contributed by atoms with Gasteiger partial charge in [0.05, 0.1) is 17.4 Å². The minimum absolute atomic E-state index is 0.0193. The fourth-order valence-electron chi connectivity index (χ4n) is 2.74. The Morgan fingerprint density at radius 2 is 1.88 bits per heavy atom. The number of nitrogens with zero attached hydrogens (tertiary/aromatic N) is 1. The number of aliphatic carboxylic acids is 1. The Morgan fingerprint density at radius 1 is 1.25 bits per heavy atom. The van der Waals surface area contributed by atoms with Crippen LogP contribution in [0.25, 0.3) is 0 Å². The number of alkyl halides is 3. The minimum atomic E-state index is -4.54. The van der Waals surface area contributed by atoms with E-state index in [0.717, 1.165) is 6.07 Å². The molecule has 1 saturated carbocycles. The highest BCUT2D eigenvalue weighted by Gasteiger charge is 2.41. The zero-order valence-corrected chi connectivity index (χ0v) is 13.4. The molecule has 0 unspecified atom stereocenters. The number of carbonyl (C=O) groups is 2. The monoisotopic (exact) mass is 344 g/mol. The van der Waals surface area contributed by atoms with Gasteiger partial charge < -0.3 is 15.3 Å². The highest BCUT2D eigenvalue weighted by Crippen LogP contribution is 2.37. The largest absolute Gasteiger partial charge is 0.481 e. The zero-order valence-electron chi connectivity index (χ0n) is 13.4. The van der Waals surface area contributed by atoms with Gasteiger partial charge in [0.2, 0.25) is 5.91 Å². The van der Waals surface area contributed by atoms with Crippen LogP contribution in [0, 0.1) is 11.8 Å². The second-order valence-electron chi connectivity index (χ2n) is 6.23. The number of nitrogens with one attached hydrogen (secondary N) is 1. The Kier molecular flexibility index (Phi) is 5.17. The van der Waals surface area contributed by atoms with Crippen molar-refractivity contribution in [2.75, 3.05) is 19.4 Å². The van der Waals surface area contributed by atoms with Crippen LogP contribution < -0.4 is 5.32 Å². The summed E-state index contributed by atoms with van der Waals surface area (Å²) >= 11 is 0. The third-order valence-corrected chi connectivity index (χ3v) is 4.10. The van der Waals surface area contributed by atoms with Crippen molar-refractivity contribution in [2.45, 2.75) is 25.6 Å². The van der Waals surface area contributed by atoms with E-state index in [1.807, 2.05) is 0 Å². The summed E-state index contributed by atoms with van der Waals surface area (Å²) in [6, 6.07) is 3.62. The Bertz CT molecular complexity index is 644. The Balaban J connectivity index is 2.19. The molecule has 1 aromatic carbocycles. The maximum absolute atomic E-state index is 13.2. The summed E-state index contributed by atoms with van der Waals surface area (Å²) in [6.07, 6.45) is -3.71. The molecule has 1 aromatic rings. The fourth-order valence-corrected chi connectivity index (χ4v) is 2.74. The van der Waals surface area contributed by atoms with Gasteiger partial charge in [-0.2, -0.15) is 13.2 Å². The van der Waals surface area contributed by atoms with Gasteiger partial charge in [-0.25, -0.2) is 0 Å². The van der Waals surface area contributed by atoms with Gasteiger partial charge in [0.25, 0.3) is 0 Å². The van der Waals surface area contributed by atoms with E-state index < -0.39 is 35.5 Å². The van der Waals surface area contributed by atoms with Gasteiger partial charge in [-0.15, -0.1) is 0 Å². The van der Waals surface area contributed by atoms with Crippen molar-refractivity contribution in [1.82, 2.24) is 4.90 Å². The zero-order chi connectivity index (χ0) is 18.1. The third kappa shape index (κ3) is 4.05. The number of anilines is 1. The number of carbonyl (C=O) groups excluding carboxylic acids is 1. The van der Waals surface area contributed by atoms with Crippen molar-refractivity contribution < 1.29 is 27.9 Å². The van der Waals surface area contributed by atoms with Crippen LogP contribution in [-0.2, 0) is 22.3 Å². The second-order valence-corrected chi connectivity index (χ2v) is 6.23. The van der Waals surface area contributed by atoms with Gasteiger partial charge in [0, 0.05) is 12.2 Å². The molecule has 0 aromatic heterocycles. The number of rotatable bonds is 5. The van der Waals surface area contributed by atoms with Gasteiger partial charge in [-0.1, -0.05) is 6.07 Å². The van der Waals surface area contributed by atoms with E-state index in [0.29, 0.717) is 12.8 Å². The lowest BCUT2D eigenvalue weighted by Crippen LogP contribution is -2.41. The molecule has 0 heterocycles. The van der Waals surface area contributed by atoms with Crippen molar-refractivity contribution in [3.8, 4) is 0 Å². The summed E-state index contributed by atoms with van der Waals surface area (Å²) in [5, 5.41) is 11.4. The molecule has 0 saturated heterocycles. The first kappa shape index (κ1) is 18.3. The number of carboxylic acids is 1. The van der Waals surface area contributed by atoms with E-state index in [1.54, 1.807) is 19.0 Å². The molecule has 2 rings (SSSR count). The smallest absolute Gasteiger partial charge is 0.416 e. The number of hydrogen-bond acceptors (Lipinski definition) is 3. The lowest BCUT2D eigenvalue weighted by atomic mass is 9.73. The van der Waals surface area contributed by atoms with E-state index in [1.165, 1.54) is 12.1 Å². The molecule has 0 spiro atoms. The Hall–Kier alpha value is -2.09. The molecule has 1 amide bonds. The topological polar surface area (TPSA) is 69.6 Å². The van der Waals surface area contributed by atoms with Gasteiger partial charge in [0.15, 0.2) is 0 Å². The highest BCUT2D eigenvalue weighted by molar-refractivity contribution is 5.96. The summed E-state index contributed by atoms with van der Waals surface area (Å²) in [7, 11) is 3.33. The molecule has 132 valence electrons. The SMILES string of the molecule is CN(C)Cc1ccc(NC(=O)[C@@H]2CC[C@@H]2C(=O)O)cc1C(F)(F)F. The van der Waals surface area contributed by atoms with Crippen LogP contribution in [0.3, 0.4) is 0 Å². The standard InChI is InChI=1S/C16H19F3N2O3/c1-21(2)8-9-3-4-10(7-13(9)16(17,18)19)20-14(22)11-5-6-12(11)15(23)24/h3-4,7,11-12H,5-6,8H2,1-2H3,(H,20,22)(H,23,24)/t11-,12+/m1/s1. The van der Waals surface area contributed by atoms with Crippen molar-refractivity contribution in [2.24, 2.45) is 11.8 Å². The maximum Gasteiger partial charge on any atom is 0.416 e. The second kappa shape index (κ2) is 6.80. The molecule has 2 N–H and O–H groups in total. The van der Waals surface area contributed by atoms with Crippen LogP contribution in [0.4, 0.5) is 18.9 Å². The summed E-state index contributed by atoms with van der Waals surface area (Å²) in [5.74, 6) is -3.07. The van der Waals surface area contributed by atoms with E-state index in [-0.39, 0.29) is 17.8 Å². The van der Waals surface area contributed by atoms with Gasteiger partial charge in [-0.3, -0.25) is 9.59 Å². The average molecular weight is 344 g/mol. The van der Waals surface area contributed by atoms with Crippen LogP contribution in [0.5, 0.6) is 0 Å². The van der Waals surface area contributed by atoms with E-state index >= 15 is 0 Å². The molecule has 1 aliphatic rings. The van der Waals surface area contributed by atoms with Crippen molar-refractivity contribution in [1.29, 1.82) is 0 Å². The van der Waals surface area contributed by atoms with Gasteiger partial charge >= 0.3 is 12.1 Å². The average Bonchev–Trinajstić information content (AvgIpc) is 2.36. The predicted molar refractivity (Wildman–Crippen MR) is 81.3 cm³/mol. The van der Waals surface area contributed by atoms with Crippen LogP contribution in [-0.4, -0.2) is 36.0 Å². The molecule has 8 heteroatoms. The van der Waals surface area contributed by atoms with Crippen LogP contribution in [0.2, 0.25) is 0 Å². The quantitative estimate of drug-likeness (QED) is 0.862. The first-order valence-corrected chi connectivity index (χ1v) is 7.48. The number of amides is 1. The lowest BCUT2D eigenvalue weighted by Gasteiger charge is -2.32. The molecule has 0 bridgehead atoms. The summed E-state index contributed by atoms with van der Waals surface area (Å²) in [6.45, 7) is 0.118. The van der Waals surface area contributed by atoms with Crippen molar-refractivity contribution in [3.05, 3.63) is 29.3 Å². The number of benzene rings is 1. The molecule has 5 nitrogen and oxygen atoms in total. The molecule has 2 atom stereocenters. The Labute approximate surface area is 137 Å². The molecule has 24 heavy (non-hydrogen) atoms. The van der Waals surface area contributed by atoms with Crippen LogP contribution in [0.15, 0.2) is 18.2 Å². The summed E-state index contributed by atoms with van der Waals surface area (Å²) in [4.78, 5) is 24.6. The van der Waals surface area contributed by atoms with Crippen LogP contribution in [0.1, 0.15) is 24.0 Å². The summed E-state index contributed by atoms with van der Waals surface area (Å²) in [5.41, 5.74) is -0.680. The molecule has 0 aliphatic heterocycles. The molecule has 1 fully saturated rings. The third-order valence-electron chi connectivity index (χ3n) is 4.10. The van der Waals surface area contributed by atoms with E-state index in [9.17, 15) is 22.8 Å². The van der Waals surface area contributed by atoms with E-state index in [4.69, 9.17) is 5.11 Å². The van der Waals surface area contributed by atoms with Gasteiger partial charge in [-0.05, 0) is 44.6 Å². The number of halogens is 3. The first-order chi connectivity index (χ1) is 11.1. The number of carboxylic acid groups (broad SMARTS) is 1. The number of hydrogen-bond donors (Lipinski definition) is 2.